The van der Waals surface area contributed by atoms with Crippen LogP contribution in [-0.4, -0.2) is 33.0 Å². The molecule has 2 amide bonds. The van der Waals surface area contributed by atoms with Crippen LogP contribution in [0.1, 0.15) is 18.9 Å². The smallest absolute Gasteiger partial charge is 0.229 e. The second-order valence-electron chi connectivity index (χ2n) is 6.87. The highest BCUT2D eigenvalue weighted by atomic mass is 32.2. The summed E-state index contributed by atoms with van der Waals surface area (Å²) in [7, 11) is -3.40. The van der Waals surface area contributed by atoms with Crippen molar-refractivity contribution in [1.82, 2.24) is 0 Å². The highest BCUT2D eigenvalue weighted by molar-refractivity contribution is 7.92. The number of hydrogen-bond acceptors (Lipinski definition) is 4. The first-order valence-electron chi connectivity index (χ1n) is 9.03. The SMILES string of the molecule is CCc1ccc(N2CC(C(=O)Nc3cccc(NS(C)(=O)=O)c3)CC2=O)cc1. The third-order valence-electron chi connectivity index (χ3n) is 4.59. The van der Waals surface area contributed by atoms with E-state index >= 15 is 0 Å². The van der Waals surface area contributed by atoms with E-state index < -0.39 is 15.9 Å². The van der Waals surface area contributed by atoms with Gasteiger partial charge in [0.05, 0.1) is 17.9 Å². The third kappa shape index (κ3) is 4.89. The van der Waals surface area contributed by atoms with Gasteiger partial charge >= 0.3 is 0 Å². The van der Waals surface area contributed by atoms with Crippen molar-refractivity contribution in [1.29, 1.82) is 0 Å². The molecule has 1 aliphatic rings. The average Bonchev–Trinajstić information content (AvgIpc) is 3.02. The van der Waals surface area contributed by atoms with E-state index in [0.717, 1.165) is 18.4 Å². The zero-order valence-corrected chi connectivity index (χ0v) is 16.6. The Morgan fingerprint density at radius 2 is 1.82 bits per heavy atom. The number of amides is 2. The summed E-state index contributed by atoms with van der Waals surface area (Å²) in [5, 5.41) is 2.77. The number of aryl methyl sites for hydroxylation is 1. The maximum atomic E-state index is 12.6. The van der Waals surface area contributed by atoms with Crippen molar-refractivity contribution in [2.24, 2.45) is 5.92 Å². The Kier molecular flexibility index (Phi) is 5.69. The first kappa shape index (κ1) is 19.9. The molecule has 0 radical (unpaired) electrons. The summed E-state index contributed by atoms with van der Waals surface area (Å²) in [6.07, 6.45) is 2.12. The lowest BCUT2D eigenvalue weighted by Crippen LogP contribution is -2.28. The van der Waals surface area contributed by atoms with E-state index in [-0.39, 0.29) is 18.2 Å². The Morgan fingerprint density at radius 1 is 1.14 bits per heavy atom. The third-order valence-corrected chi connectivity index (χ3v) is 5.19. The van der Waals surface area contributed by atoms with E-state index in [1.165, 1.54) is 11.6 Å². The molecule has 2 aromatic rings. The first-order chi connectivity index (χ1) is 13.2. The predicted octanol–water partition coefficient (Wildman–Crippen LogP) is 2.61. The van der Waals surface area contributed by atoms with Crippen LogP contribution in [0.2, 0.25) is 0 Å². The zero-order chi connectivity index (χ0) is 20.3. The van der Waals surface area contributed by atoms with Crippen LogP contribution in [0.25, 0.3) is 0 Å². The van der Waals surface area contributed by atoms with Crippen LogP contribution in [-0.2, 0) is 26.0 Å². The fourth-order valence-corrected chi connectivity index (χ4v) is 3.72. The molecule has 0 bridgehead atoms. The lowest BCUT2D eigenvalue weighted by Gasteiger charge is -2.17. The summed E-state index contributed by atoms with van der Waals surface area (Å²) in [5.41, 5.74) is 2.81. The standard InChI is InChI=1S/C20H23N3O4S/c1-3-14-7-9-18(10-8-14)23-13-15(11-19(23)24)20(25)21-16-5-4-6-17(12-16)22-28(2,26)27/h4-10,12,15,22H,3,11,13H2,1-2H3,(H,21,25). The van der Waals surface area contributed by atoms with Gasteiger partial charge in [-0.1, -0.05) is 25.1 Å². The van der Waals surface area contributed by atoms with Gasteiger partial charge in [0.25, 0.3) is 0 Å². The van der Waals surface area contributed by atoms with Gasteiger partial charge in [0.15, 0.2) is 0 Å². The van der Waals surface area contributed by atoms with Crippen molar-refractivity contribution in [3.8, 4) is 0 Å². The maximum absolute atomic E-state index is 12.6. The molecule has 0 aliphatic carbocycles. The molecule has 1 fully saturated rings. The molecule has 148 valence electrons. The number of benzene rings is 2. The lowest BCUT2D eigenvalue weighted by molar-refractivity contribution is -0.122. The van der Waals surface area contributed by atoms with Gasteiger partial charge in [-0.2, -0.15) is 0 Å². The molecule has 0 saturated carbocycles. The molecule has 7 nitrogen and oxygen atoms in total. The van der Waals surface area contributed by atoms with Crippen molar-refractivity contribution in [3.63, 3.8) is 0 Å². The fraction of sp³-hybridized carbons (Fsp3) is 0.300. The molecule has 0 aromatic heterocycles. The largest absolute Gasteiger partial charge is 0.326 e. The van der Waals surface area contributed by atoms with Gasteiger partial charge < -0.3 is 10.2 Å². The number of hydrogen-bond donors (Lipinski definition) is 2. The second-order valence-corrected chi connectivity index (χ2v) is 8.62. The zero-order valence-electron chi connectivity index (χ0n) is 15.8. The minimum atomic E-state index is -3.40. The molecule has 2 N–H and O–H groups in total. The molecule has 3 rings (SSSR count). The number of rotatable bonds is 6. The number of anilines is 3. The normalized spacial score (nSPS) is 16.9. The van der Waals surface area contributed by atoms with E-state index in [1.807, 2.05) is 24.3 Å². The van der Waals surface area contributed by atoms with E-state index in [1.54, 1.807) is 23.1 Å². The van der Waals surface area contributed by atoms with Crippen molar-refractivity contribution >= 4 is 38.9 Å². The Bertz CT molecular complexity index is 987. The van der Waals surface area contributed by atoms with Gasteiger partial charge in [-0.3, -0.25) is 14.3 Å². The molecular formula is C20H23N3O4S. The molecule has 0 spiro atoms. The quantitative estimate of drug-likeness (QED) is 0.778. The monoisotopic (exact) mass is 401 g/mol. The average molecular weight is 401 g/mol. The Labute approximate surface area is 164 Å². The van der Waals surface area contributed by atoms with Gasteiger partial charge in [-0.05, 0) is 42.3 Å². The summed E-state index contributed by atoms with van der Waals surface area (Å²) in [4.78, 5) is 26.6. The summed E-state index contributed by atoms with van der Waals surface area (Å²) in [6.45, 7) is 2.38. The van der Waals surface area contributed by atoms with Crippen LogP contribution in [0.5, 0.6) is 0 Å². The highest BCUT2D eigenvalue weighted by Gasteiger charge is 2.35. The molecule has 1 unspecified atom stereocenters. The number of nitrogens with zero attached hydrogens (tertiary/aromatic N) is 1. The van der Waals surface area contributed by atoms with Crippen molar-refractivity contribution in [2.75, 3.05) is 27.7 Å². The molecule has 1 aliphatic heterocycles. The minimum absolute atomic E-state index is 0.0862. The van der Waals surface area contributed by atoms with Crippen molar-refractivity contribution < 1.29 is 18.0 Å². The molecule has 28 heavy (non-hydrogen) atoms. The van der Waals surface area contributed by atoms with Gasteiger partial charge in [-0.15, -0.1) is 0 Å². The molecule has 8 heteroatoms. The van der Waals surface area contributed by atoms with Gasteiger partial charge in [0.2, 0.25) is 21.8 Å². The highest BCUT2D eigenvalue weighted by Crippen LogP contribution is 2.27. The molecular weight excluding hydrogens is 378 g/mol. The van der Waals surface area contributed by atoms with Crippen LogP contribution < -0.4 is 14.9 Å². The maximum Gasteiger partial charge on any atom is 0.229 e. The van der Waals surface area contributed by atoms with Gasteiger partial charge in [-0.25, -0.2) is 8.42 Å². The summed E-state index contributed by atoms with van der Waals surface area (Å²) >= 11 is 0. The van der Waals surface area contributed by atoms with Gasteiger partial charge in [0, 0.05) is 24.3 Å². The number of carbonyl (C=O) groups is 2. The van der Waals surface area contributed by atoms with Crippen LogP contribution in [0, 0.1) is 5.92 Å². The Balaban J connectivity index is 1.67. The lowest BCUT2D eigenvalue weighted by atomic mass is 10.1. The Morgan fingerprint density at radius 3 is 2.46 bits per heavy atom. The first-order valence-corrected chi connectivity index (χ1v) is 10.9. The molecule has 1 saturated heterocycles. The van der Waals surface area contributed by atoms with Gasteiger partial charge in [0.1, 0.15) is 0 Å². The summed E-state index contributed by atoms with van der Waals surface area (Å²) in [5.74, 6) is -0.820. The minimum Gasteiger partial charge on any atom is -0.326 e. The van der Waals surface area contributed by atoms with Crippen LogP contribution in [0.4, 0.5) is 17.1 Å². The van der Waals surface area contributed by atoms with Crippen LogP contribution >= 0.6 is 0 Å². The number of nitrogens with one attached hydrogen (secondary N) is 2. The fourth-order valence-electron chi connectivity index (χ4n) is 3.16. The van der Waals surface area contributed by atoms with Crippen molar-refractivity contribution in [2.45, 2.75) is 19.8 Å². The Hall–Kier alpha value is -2.87. The number of sulfonamides is 1. The van der Waals surface area contributed by atoms with E-state index in [4.69, 9.17) is 0 Å². The van der Waals surface area contributed by atoms with E-state index in [0.29, 0.717) is 17.9 Å². The number of carbonyl (C=O) groups excluding carboxylic acids is 2. The van der Waals surface area contributed by atoms with E-state index in [2.05, 4.69) is 17.0 Å². The van der Waals surface area contributed by atoms with Crippen molar-refractivity contribution in [3.05, 3.63) is 54.1 Å². The van der Waals surface area contributed by atoms with Crippen LogP contribution in [0.15, 0.2) is 48.5 Å². The summed E-state index contributed by atoms with van der Waals surface area (Å²) < 4.78 is 25.1. The molecule has 2 aromatic carbocycles. The molecule has 1 atom stereocenters. The van der Waals surface area contributed by atoms with E-state index in [9.17, 15) is 18.0 Å². The topological polar surface area (TPSA) is 95.6 Å². The van der Waals surface area contributed by atoms with Crippen LogP contribution in [0.3, 0.4) is 0 Å². The second kappa shape index (κ2) is 8.02. The predicted molar refractivity (Wildman–Crippen MR) is 110 cm³/mol. The molecule has 1 heterocycles. The summed E-state index contributed by atoms with van der Waals surface area (Å²) in [6, 6.07) is 14.2.